The number of halogens is 1. The lowest BCUT2D eigenvalue weighted by molar-refractivity contribution is -0.384. The molecule has 2 amide bonds. The van der Waals surface area contributed by atoms with Crippen molar-refractivity contribution in [3.8, 4) is 0 Å². The minimum Gasteiger partial charge on any atom is -0.355 e. The molecule has 4 aliphatic carbocycles. The Morgan fingerprint density at radius 2 is 1.75 bits per heavy atom. The van der Waals surface area contributed by atoms with Crippen LogP contribution in [0.4, 0.5) is 11.4 Å². The fourth-order valence-corrected chi connectivity index (χ4v) is 6.01. The largest absolute Gasteiger partial charge is 0.355 e. The maximum absolute atomic E-state index is 12.9. The van der Waals surface area contributed by atoms with Crippen molar-refractivity contribution in [2.75, 3.05) is 11.9 Å². The number of carbonyl (C=O) groups excluding carboxylic acids is 2. The Labute approximate surface area is 168 Å². The number of hydrogen-bond acceptors (Lipinski definition) is 4. The summed E-state index contributed by atoms with van der Waals surface area (Å²) in [6.45, 7) is 0.266. The maximum Gasteiger partial charge on any atom is 0.289 e. The third kappa shape index (κ3) is 3.72. The summed E-state index contributed by atoms with van der Waals surface area (Å²) in [7, 11) is 0. The van der Waals surface area contributed by atoms with Gasteiger partial charge in [0.25, 0.3) is 5.69 Å². The number of rotatable bonds is 6. The van der Waals surface area contributed by atoms with E-state index < -0.39 is 4.92 Å². The number of nitrogens with one attached hydrogen (secondary N) is 2. The minimum atomic E-state index is -0.594. The predicted octanol–water partition coefficient (Wildman–Crippen LogP) is 3.91. The van der Waals surface area contributed by atoms with Crippen LogP contribution in [0.1, 0.15) is 44.9 Å². The minimum absolute atomic E-state index is 0.0193. The summed E-state index contributed by atoms with van der Waals surface area (Å²) in [5.74, 6) is 1.88. The highest BCUT2D eigenvalue weighted by Crippen LogP contribution is 2.60. The van der Waals surface area contributed by atoms with Crippen LogP contribution in [0, 0.1) is 33.3 Å². The van der Waals surface area contributed by atoms with Crippen molar-refractivity contribution in [1.82, 2.24) is 5.32 Å². The molecule has 0 atom stereocenters. The van der Waals surface area contributed by atoms with Crippen molar-refractivity contribution in [2.45, 2.75) is 44.9 Å². The van der Waals surface area contributed by atoms with Crippen LogP contribution >= 0.6 is 11.6 Å². The number of nitro groups is 1. The molecule has 0 aliphatic heterocycles. The van der Waals surface area contributed by atoms with Gasteiger partial charge < -0.3 is 10.6 Å². The molecule has 1 aromatic carbocycles. The van der Waals surface area contributed by atoms with Gasteiger partial charge in [0.2, 0.25) is 11.8 Å². The van der Waals surface area contributed by atoms with Crippen molar-refractivity contribution in [2.24, 2.45) is 23.2 Å². The highest BCUT2D eigenvalue weighted by molar-refractivity contribution is 6.32. The first-order valence-electron chi connectivity index (χ1n) is 9.87. The number of amides is 2. The lowest BCUT2D eigenvalue weighted by Gasteiger charge is -2.55. The van der Waals surface area contributed by atoms with Crippen LogP contribution in [0.3, 0.4) is 0 Å². The number of nitro benzene ring substituents is 1. The van der Waals surface area contributed by atoms with Gasteiger partial charge in [-0.3, -0.25) is 19.7 Å². The Bertz CT molecular complexity index is 790. The van der Waals surface area contributed by atoms with Crippen molar-refractivity contribution < 1.29 is 14.5 Å². The molecule has 28 heavy (non-hydrogen) atoms. The average molecular weight is 406 g/mol. The van der Waals surface area contributed by atoms with Crippen LogP contribution < -0.4 is 10.6 Å². The molecule has 4 saturated carbocycles. The van der Waals surface area contributed by atoms with E-state index in [1.54, 1.807) is 0 Å². The van der Waals surface area contributed by atoms with Gasteiger partial charge in [-0.15, -0.1) is 0 Å². The third-order valence-electron chi connectivity index (χ3n) is 6.58. The third-order valence-corrected chi connectivity index (χ3v) is 6.90. The van der Waals surface area contributed by atoms with Gasteiger partial charge in [-0.25, -0.2) is 0 Å². The molecule has 8 heteroatoms. The Hall–Kier alpha value is -2.15. The first-order chi connectivity index (χ1) is 13.3. The second kappa shape index (κ2) is 7.35. The molecule has 7 nitrogen and oxygen atoms in total. The first kappa shape index (κ1) is 19.2. The summed E-state index contributed by atoms with van der Waals surface area (Å²) in [6, 6.07) is 4.12. The monoisotopic (exact) mass is 405 g/mol. The maximum atomic E-state index is 12.9. The molecule has 4 fully saturated rings. The van der Waals surface area contributed by atoms with Crippen molar-refractivity contribution in [3.63, 3.8) is 0 Å². The zero-order chi connectivity index (χ0) is 19.9. The topological polar surface area (TPSA) is 101 Å². The molecule has 150 valence electrons. The van der Waals surface area contributed by atoms with Crippen molar-refractivity contribution in [3.05, 3.63) is 33.3 Å². The van der Waals surface area contributed by atoms with E-state index in [2.05, 4.69) is 10.6 Å². The van der Waals surface area contributed by atoms with Crippen molar-refractivity contribution >= 4 is 34.8 Å². The van der Waals surface area contributed by atoms with Crippen LogP contribution in [0.5, 0.6) is 0 Å². The van der Waals surface area contributed by atoms with Crippen molar-refractivity contribution in [1.29, 1.82) is 0 Å². The van der Waals surface area contributed by atoms with E-state index in [-0.39, 0.29) is 40.9 Å². The van der Waals surface area contributed by atoms with E-state index in [9.17, 15) is 19.7 Å². The fraction of sp³-hybridized carbons (Fsp3) is 0.600. The Morgan fingerprint density at radius 1 is 1.14 bits per heavy atom. The van der Waals surface area contributed by atoms with Gasteiger partial charge >= 0.3 is 0 Å². The zero-order valence-corrected chi connectivity index (χ0v) is 16.3. The number of anilines is 1. The summed E-state index contributed by atoms with van der Waals surface area (Å²) in [5.41, 5.74) is -0.162. The van der Waals surface area contributed by atoms with Gasteiger partial charge in [0.05, 0.1) is 4.92 Å². The lowest BCUT2D eigenvalue weighted by Crippen LogP contribution is -2.53. The molecule has 4 bridgehead atoms. The second-order valence-electron chi connectivity index (χ2n) is 8.68. The van der Waals surface area contributed by atoms with Crippen LogP contribution in [0.2, 0.25) is 5.02 Å². The second-order valence-corrected chi connectivity index (χ2v) is 9.08. The molecule has 2 N–H and O–H groups in total. The SMILES string of the molecule is O=C(CCNC(=O)C12CC3CC(CC(C3)C1)C2)Nc1ccc(Cl)c([N+](=O)[O-])c1. The molecular formula is C20H24ClN3O4. The normalized spacial score (nSPS) is 30.1. The molecule has 0 radical (unpaired) electrons. The summed E-state index contributed by atoms with van der Waals surface area (Å²) in [6.07, 6.45) is 6.93. The molecule has 0 spiro atoms. The van der Waals surface area contributed by atoms with E-state index in [1.807, 2.05) is 0 Å². The smallest absolute Gasteiger partial charge is 0.289 e. The summed E-state index contributed by atoms with van der Waals surface area (Å²) in [5, 5.41) is 16.5. The Balaban J connectivity index is 1.28. The molecular weight excluding hydrogens is 382 g/mol. The molecule has 0 saturated heterocycles. The van der Waals surface area contributed by atoms with E-state index in [1.165, 1.54) is 37.5 Å². The lowest BCUT2D eigenvalue weighted by atomic mass is 9.49. The van der Waals surface area contributed by atoms with E-state index in [0.29, 0.717) is 23.4 Å². The molecule has 5 rings (SSSR count). The van der Waals surface area contributed by atoms with Gasteiger partial charge in [0, 0.05) is 30.1 Å². The molecule has 0 aromatic heterocycles. The quantitative estimate of drug-likeness (QED) is 0.553. The summed E-state index contributed by atoms with van der Waals surface area (Å²) >= 11 is 5.77. The van der Waals surface area contributed by atoms with E-state index in [4.69, 9.17) is 11.6 Å². The standard InChI is InChI=1S/C20H24ClN3O4/c21-16-2-1-15(8-17(16)24(27)28)23-18(25)3-4-22-19(26)20-9-12-5-13(10-20)7-14(6-12)11-20/h1-2,8,12-14H,3-7,9-11H2,(H,22,26)(H,23,25). The van der Waals surface area contributed by atoms with Crippen LogP contribution in [-0.2, 0) is 9.59 Å². The van der Waals surface area contributed by atoms with Gasteiger partial charge in [-0.1, -0.05) is 11.6 Å². The molecule has 1 aromatic rings. The number of nitrogens with zero attached hydrogens (tertiary/aromatic N) is 1. The first-order valence-corrected chi connectivity index (χ1v) is 10.2. The highest BCUT2D eigenvalue weighted by Gasteiger charge is 2.54. The summed E-state index contributed by atoms with van der Waals surface area (Å²) < 4.78 is 0. The highest BCUT2D eigenvalue weighted by atomic mass is 35.5. The number of hydrogen-bond donors (Lipinski definition) is 2. The van der Waals surface area contributed by atoms with Crippen LogP contribution in [0.25, 0.3) is 0 Å². The van der Waals surface area contributed by atoms with Gasteiger partial charge in [0.15, 0.2) is 0 Å². The molecule has 0 heterocycles. The molecule has 0 unspecified atom stereocenters. The van der Waals surface area contributed by atoms with Crippen LogP contribution in [-0.4, -0.2) is 23.3 Å². The Kier molecular flexibility index (Phi) is 5.04. The number of carbonyl (C=O) groups is 2. The zero-order valence-electron chi connectivity index (χ0n) is 15.6. The van der Waals surface area contributed by atoms with Gasteiger partial charge in [-0.05, 0) is 68.4 Å². The number of benzene rings is 1. The summed E-state index contributed by atoms with van der Waals surface area (Å²) in [4.78, 5) is 35.3. The fourth-order valence-electron chi connectivity index (χ4n) is 5.82. The Morgan fingerprint density at radius 3 is 2.32 bits per heavy atom. The average Bonchev–Trinajstić information content (AvgIpc) is 2.62. The van der Waals surface area contributed by atoms with E-state index >= 15 is 0 Å². The predicted molar refractivity (Wildman–Crippen MR) is 105 cm³/mol. The van der Waals surface area contributed by atoms with E-state index in [0.717, 1.165) is 19.3 Å². The van der Waals surface area contributed by atoms with Gasteiger partial charge in [0.1, 0.15) is 5.02 Å². The molecule has 4 aliphatic rings. The van der Waals surface area contributed by atoms with Crippen LogP contribution in [0.15, 0.2) is 18.2 Å². The van der Waals surface area contributed by atoms with Gasteiger partial charge in [-0.2, -0.15) is 0 Å².